The van der Waals surface area contributed by atoms with Gasteiger partial charge in [0.25, 0.3) is 0 Å². The van der Waals surface area contributed by atoms with Gasteiger partial charge in [-0.3, -0.25) is 4.79 Å². The van der Waals surface area contributed by atoms with E-state index < -0.39 is 0 Å². The normalized spacial score (nSPS) is 17.6. The first-order chi connectivity index (χ1) is 10.3. The lowest BCUT2D eigenvalue weighted by atomic mass is 10.1. The molecule has 0 saturated heterocycles. The highest BCUT2D eigenvalue weighted by atomic mass is 16.5. The molecule has 1 atom stereocenters. The first kappa shape index (κ1) is 13.6. The molecule has 0 radical (unpaired) electrons. The van der Waals surface area contributed by atoms with E-state index in [-0.39, 0.29) is 11.9 Å². The van der Waals surface area contributed by atoms with Crippen molar-refractivity contribution in [2.24, 2.45) is 0 Å². The Morgan fingerprint density at radius 3 is 2.76 bits per heavy atom. The lowest BCUT2D eigenvalue weighted by Crippen LogP contribution is -2.39. The molecular formula is C17H18N2O2. The molecule has 1 heterocycles. The van der Waals surface area contributed by atoms with Gasteiger partial charge >= 0.3 is 0 Å². The van der Waals surface area contributed by atoms with Gasteiger partial charge in [0, 0.05) is 12.2 Å². The third kappa shape index (κ3) is 3.06. The summed E-state index contributed by atoms with van der Waals surface area (Å²) in [7, 11) is 1.64. The van der Waals surface area contributed by atoms with Gasteiger partial charge in [-0.1, -0.05) is 30.3 Å². The Hall–Kier alpha value is -2.33. The van der Waals surface area contributed by atoms with Crippen LogP contribution in [0.4, 0.5) is 5.69 Å². The molecule has 2 aromatic carbocycles. The Balaban J connectivity index is 1.78. The number of fused-ring (bicyclic) bond motifs is 1. The smallest absolute Gasteiger partial charge is 0.241 e. The van der Waals surface area contributed by atoms with Crippen molar-refractivity contribution >= 4 is 11.6 Å². The van der Waals surface area contributed by atoms with Gasteiger partial charge in [-0.2, -0.15) is 0 Å². The van der Waals surface area contributed by atoms with Crippen molar-refractivity contribution in [3.8, 4) is 5.75 Å². The average Bonchev–Trinajstić information content (AvgIpc) is 2.67. The largest absolute Gasteiger partial charge is 0.497 e. The summed E-state index contributed by atoms with van der Waals surface area (Å²) in [6.45, 7) is 0.642. The molecule has 2 N–H and O–H groups in total. The van der Waals surface area contributed by atoms with Gasteiger partial charge in [-0.05, 0) is 35.7 Å². The number of hydrogen-bond donors (Lipinski definition) is 2. The predicted octanol–water partition coefficient (Wildman–Crippen LogP) is 2.35. The average molecular weight is 282 g/mol. The zero-order chi connectivity index (χ0) is 14.7. The quantitative estimate of drug-likeness (QED) is 0.908. The minimum atomic E-state index is -0.231. The van der Waals surface area contributed by atoms with Gasteiger partial charge in [0.05, 0.1) is 13.2 Å². The summed E-state index contributed by atoms with van der Waals surface area (Å²) in [4.78, 5) is 12.3. The van der Waals surface area contributed by atoms with Crippen LogP contribution in [0.5, 0.6) is 5.75 Å². The van der Waals surface area contributed by atoms with Crippen molar-refractivity contribution in [3.63, 3.8) is 0 Å². The van der Waals surface area contributed by atoms with E-state index in [4.69, 9.17) is 4.74 Å². The number of anilines is 1. The van der Waals surface area contributed by atoms with Crippen LogP contribution in [-0.4, -0.2) is 19.1 Å². The van der Waals surface area contributed by atoms with E-state index in [1.54, 1.807) is 7.11 Å². The van der Waals surface area contributed by atoms with Crippen LogP contribution in [0.1, 0.15) is 11.1 Å². The third-order valence-corrected chi connectivity index (χ3v) is 3.71. The first-order valence-electron chi connectivity index (χ1n) is 7.01. The van der Waals surface area contributed by atoms with Crippen molar-refractivity contribution in [1.29, 1.82) is 0 Å². The molecule has 1 amide bonds. The van der Waals surface area contributed by atoms with Crippen molar-refractivity contribution in [2.45, 2.75) is 19.0 Å². The fourth-order valence-electron chi connectivity index (χ4n) is 2.53. The molecule has 3 rings (SSSR count). The summed E-state index contributed by atoms with van der Waals surface area (Å²) in [6, 6.07) is 15.5. The standard InChI is InChI=1S/C17H18N2O2/c1-21-14-7-8-15-13(10-14)11-18-16(17(20)19-15)9-12-5-3-2-4-6-12/h2-8,10,16,18H,9,11H2,1H3,(H,19,20)/t16-/m0/s1. The number of benzene rings is 2. The molecule has 0 saturated carbocycles. The highest BCUT2D eigenvalue weighted by molar-refractivity contribution is 5.96. The Labute approximate surface area is 124 Å². The van der Waals surface area contributed by atoms with Crippen LogP contribution in [0.15, 0.2) is 48.5 Å². The van der Waals surface area contributed by atoms with Gasteiger partial charge in [0.2, 0.25) is 5.91 Å². The minimum absolute atomic E-state index is 0.00256. The van der Waals surface area contributed by atoms with Crippen LogP contribution in [0, 0.1) is 0 Å². The van der Waals surface area contributed by atoms with Crippen molar-refractivity contribution in [2.75, 3.05) is 12.4 Å². The maximum absolute atomic E-state index is 12.3. The van der Waals surface area contributed by atoms with E-state index in [1.165, 1.54) is 0 Å². The number of rotatable bonds is 3. The molecular weight excluding hydrogens is 264 g/mol. The minimum Gasteiger partial charge on any atom is -0.497 e. The Kier molecular flexibility index (Phi) is 3.88. The third-order valence-electron chi connectivity index (χ3n) is 3.71. The van der Waals surface area contributed by atoms with Crippen LogP contribution < -0.4 is 15.4 Å². The van der Waals surface area contributed by atoms with Crippen LogP contribution in [0.25, 0.3) is 0 Å². The monoisotopic (exact) mass is 282 g/mol. The predicted molar refractivity (Wildman–Crippen MR) is 82.4 cm³/mol. The van der Waals surface area contributed by atoms with Crippen molar-refractivity contribution in [3.05, 3.63) is 59.7 Å². The highest BCUT2D eigenvalue weighted by Crippen LogP contribution is 2.24. The second kappa shape index (κ2) is 5.97. The van der Waals surface area contributed by atoms with Gasteiger partial charge in [0.15, 0.2) is 0 Å². The number of nitrogens with one attached hydrogen (secondary N) is 2. The topological polar surface area (TPSA) is 50.4 Å². The molecule has 0 aromatic heterocycles. The first-order valence-corrected chi connectivity index (χ1v) is 7.01. The van der Waals surface area contributed by atoms with E-state index in [1.807, 2.05) is 48.5 Å². The van der Waals surface area contributed by atoms with E-state index in [0.717, 1.165) is 22.6 Å². The van der Waals surface area contributed by atoms with E-state index in [0.29, 0.717) is 13.0 Å². The highest BCUT2D eigenvalue weighted by Gasteiger charge is 2.23. The Morgan fingerprint density at radius 2 is 2.00 bits per heavy atom. The van der Waals surface area contributed by atoms with E-state index in [2.05, 4.69) is 10.6 Å². The number of amides is 1. The van der Waals surface area contributed by atoms with Gasteiger partial charge in [-0.25, -0.2) is 0 Å². The van der Waals surface area contributed by atoms with Crippen LogP contribution in [0.3, 0.4) is 0 Å². The molecule has 0 bridgehead atoms. The van der Waals surface area contributed by atoms with Gasteiger partial charge in [0.1, 0.15) is 5.75 Å². The summed E-state index contributed by atoms with van der Waals surface area (Å²) in [5.41, 5.74) is 3.04. The molecule has 1 aliphatic rings. The summed E-state index contributed by atoms with van der Waals surface area (Å²) in [6.07, 6.45) is 0.678. The van der Waals surface area contributed by atoms with E-state index >= 15 is 0 Å². The fraction of sp³-hybridized carbons (Fsp3) is 0.235. The number of ether oxygens (including phenoxy) is 1. The Bertz CT molecular complexity index is 640. The SMILES string of the molecule is COc1ccc2c(c1)CN[C@@H](Cc1ccccc1)C(=O)N2. The summed E-state index contributed by atoms with van der Waals surface area (Å²) in [5, 5.41) is 6.31. The number of hydrogen-bond acceptors (Lipinski definition) is 3. The molecule has 0 fully saturated rings. The van der Waals surface area contributed by atoms with Crippen LogP contribution in [-0.2, 0) is 17.8 Å². The molecule has 0 aliphatic carbocycles. The Morgan fingerprint density at radius 1 is 1.19 bits per heavy atom. The second-order valence-electron chi connectivity index (χ2n) is 5.14. The van der Waals surface area contributed by atoms with Gasteiger partial charge in [-0.15, -0.1) is 0 Å². The molecule has 1 aliphatic heterocycles. The molecule has 0 unspecified atom stereocenters. The fourth-order valence-corrected chi connectivity index (χ4v) is 2.53. The second-order valence-corrected chi connectivity index (χ2v) is 5.14. The number of carbonyl (C=O) groups is 1. The maximum Gasteiger partial charge on any atom is 0.241 e. The van der Waals surface area contributed by atoms with Crippen molar-refractivity contribution < 1.29 is 9.53 Å². The lowest BCUT2D eigenvalue weighted by Gasteiger charge is -2.14. The van der Waals surface area contributed by atoms with Crippen LogP contribution in [0.2, 0.25) is 0 Å². The summed E-state index contributed by atoms with van der Waals surface area (Å²) in [5.74, 6) is 0.800. The number of carbonyl (C=O) groups excluding carboxylic acids is 1. The zero-order valence-corrected chi connectivity index (χ0v) is 11.9. The summed E-state index contributed by atoms with van der Waals surface area (Å²) >= 11 is 0. The molecule has 108 valence electrons. The summed E-state index contributed by atoms with van der Waals surface area (Å²) < 4.78 is 5.23. The van der Waals surface area contributed by atoms with Crippen LogP contribution >= 0.6 is 0 Å². The zero-order valence-electron chi connectivity index (χ0n) is 11.9. The van der Waals surface area contributed by atoms with Gasteiger partial charge < -0.3 is 15.4 Å². The van der Waals surface area contributed by atoms with Crippen molar-refractivity contribution in [1.82, 2.24) is 5.32 Å². The molecule has 2 aromatic rings. The number of methoxy groups -OCH3 is 1. The molecule has 0 spiro atoms. The maximum atomic E-state index is 12.3. The molecule has 21 heavy (non-hydrogen) atoms. The lowest BCUT2D eigenvalue weighted by molar-refractivity contribution is -0.118. The molecule has 4 heteroatoms. The molecule has 4 nitrogen and oxygen atoms in total. The van der Waals surface area contributed by atoms with E-state index in [9.17, 15) is 4.79 Å².